The van der Waals surface area contributed by atoms with Crippen LogP contribution in [0.2, 0.25) is 0 Å². The lowest BCUT2D eigenvalue weighted by molar-refractivity contribution is -0.133. The highest BCUT2D eigenvalue weighted by Gasteiger charge is 2.43. The van der Waals surface area contributed by atoms with Crippen molar-refractivity contribution in [3.63, 3.8) is 0 Å². The normalized spacial score (nSPS) is 19.7. The third kappa shape index (κ3) is 3.38. The molecule has 1 unspecified atom stereocenters. The molecule has 0 aromatic heterocycles. The predicted octanol–water partition coefficient (Wildman–Crippen LogP) is 1.58. The van der Waals surface area contributed by atoms with Gasteiger partial charge in [0.2, 0.25) is 5.91 Å². The highest BCUT2D eigenvalue weighted by molar-refractivity contribution is 7.80. The van der Waals surface area contributed by atoms with Crippen LogP contribution in [0.5, 0.6) is 0 Å². The van der Waals surface area contributed by atoms with E-state index in [1.54, 1.807) is 12.0 Å². The summed E-state index contributed by atoms with van der Waals surface area (Å²) in [4.78, 5) is 13.7. The number of likely N-dealkylation sites (N-methyl/N-ethyl adjacent to an activating group) is 1. The zero-order valence-corrected chi connectivity index (χ0v) is 10.7. The van der Waals surface area contributed by atoms with Crippen LogP contribution in [0.3, 0.4) is 0 Å². The van der Waals surface area contributed by atoms with Crippen LogP contribution in [-0.2, 0) is 9.53 Å². The molecular formula is C11H21NO2S. The smallest absolute Gasteiger partial charge is 0.223 e. The van der Waals surface area contributed by atoms with Crippen molar-refractivity contribution in [3.8, 4) is 0 Å². The fourth-order valence-corrected chi connectivity index (χ4v) is 2.04. The van der Waals surface area contributed by atoms with E-state index in [9.17, 15) is 4.79 Å². The average Bonchev–Trinajstić information content (AvgIpc) is 2.97. The number of thiol groups is 1. The Morgan fingerprint density at radius 1 is 1.60 bits per heavy atom. The van der Waals surface area contributed by atoms with Crippen LogP contribution < -0.4 is 0 Å². The van der Waals surface area contributed by atoms with Crippen LogP contribution in [0.25, 0.3) is 0 Å². The number of hydrogen-bond donors (Lipinski definition) is 1. The van der Waals surface area contributed by atoms with Gasteiger partial charge >= 0.3 is 0 Å². The molecule has 0 bridgehead atoms. The molecule has 1 rings (SSSR count). The number of methoxy groups -OCH3 is 1. The second kappa shape index (κ2) is 5.21. The van der Waals surface area contributed by atoms with Gasteiger partial charge in [-0.25, -0.2) is 0 Å². The molecule has 1 aliphatic carbocycles. The Labute approximate surface area is 97.6 Å². The van der Waals surface area contributed by atoms with Crippen LogP contribution >= 0.6 is 12.6 Å². The minimum Gasteiger partial charge on any atom is -0.383 e. The fourth-order valence-electron chi connectivity index (χ4n) is 1.61. The Morgan fingerprint density at radius 3 is 2.60 bits per heavy atom. The van der Waals surface area contributed by atoms with Crippen molar-refractivity contribution in [3.05, 3.63) is 0 Å². The molecule has 0 aromatic rings. The summed E-state index contributed by atoms with van der Waals surface area (Å²) in [6.45, 7) is 2.60. The lowest BCUT2D eigenvalue weighted by Crippen LogP contribution is -2.39. The summed E-state index contributed by atoms with van der Waals surface area (Å²) in [5.74, 6) is 1.04. The lowest BCUT2D eigenvalue weighted by atomic mass is 10.0. The van der Waals surface area contributed by atoms with E-state index in [1.807, 2.05) is 14.0 Å². The zero-order valence-electron chi connectivity index (χ0n) is 9.82. The molecular weight excluding hydrogens is 210 g/mol. The molecule has 0 aliphatic heterocycles. The molecule has 0 saturated heterocycles. The summed E-state index contributed by atoms with van der Waals surface area (Å²) >= 11 is 4.30. The molecule has 0 aromatic carbocycles. The average molecular weight is 231 g/mol. The van der Waals surface area contributed by atoms with Crippen LogP contribution in [0, 0.1) is 5.41 Å². The number of rotatable bonds is 6. The molecule has 3 nitrogen and oxygen atoms in total. The van der Waals surface area contributed by atoms with Gasteiger partial charge in [-0.3, -0.25) is 4.79 Å². The number of nitrogens with zero attached hydrogens (tertiary/aromatic N) is 1. The quantitative estimate of drug-likeness (QED) is 0.703. The maximum absolute atomic E-state index is 11.9. The van der Waals surface area contributed by atoms with E-state index < -0.39 is 0 Å². The fraction of sp³-hybridized carbons (Fsp3) is 0.909. The second-order valence-corrected chi connectivity index (χ2v) is 4.96. The number of amides is 1. The van der Waals surface area contributed by atoms with Crippen molar-refractivity contribution in [1.29, 1.82) is 0 Å². The third-order valence-corrected chi connectivity index (χ3v) is 3.95. The second-order valence-electron chi connectivity index (χ2n) is 4.64. The third-order valence-electron chi connectivity index (χ3n) is 3.28. The molecule has 1 saturated carbocycles. The van der Waals surface area contributed by atoms with Crippen LogP contribution in [-0.4, -0.2) is 43.4 Å². The highest BCUT2D eigenvalue weighted by Crippen LogP contribution is 2.49. The molecule has 1 atom stereocenters. The maximum atomic E-state index is 11.9. The first kappa shape index (κ1) is 12.8. The number of carbonyl (C=O) groups excluding carboxylic acids is 1. The number of ether oxygens (including phenoxy) is 1. The standard InChI is InChI=1S/C11H21NO2S/c1-9(7-14-3)12(2)10(13)6-11(8-15)4-5-11/h9,15H,4-8H2,1-3H3. The summed E-state index contributed by atoms with van der Waals surface area (Å²) in [6, 6.07) is 0.151. The van der Waals surface area contributed by atoms with Gasteiger partial charge in [0.05, 0.1) is 12.6 Å². The van der Waals surface area contributed by atoms with E-state index in [1.165, 1.54) is 0 Å². The van der Waals surface area contributed by atoms with E-state index in [4.69, 9.17) is 4.74 Å². The van der Waals surface area contributed by atoms with Gasteiger partial charge in [0, 0.05) is 20.6 Å². The molecule has 1 aliphatic rings. The van der Waals surface area contributed by atoms with Gasteiger partial charge in [-0.15, -0.1) is 0 Å². The van der Waals surface area contributed by atoms with Crippen LogP contribution in [0.1, 0.15) is 26.2 Å². The van der Waals surface area contributed by atoms with E-state index >= 15 is 0 Å². The number of hydrogen-bond acceptors (Lipinski definition) is 3. The Morgan fingerprint density at radius 2 is 2.20 bits per heavy atom. The first-order valence-corrected chi connectivity index (χ1v) is 6.03. The van der Waals surface area contributed by atoms with Gasteiger partial charge in [0.15, 0.2) is 0 Å². The van der Waals surface area contributed by atoms with Crippen LogP contribution in [0.15, 0.2) is 0 Å². The minimum absolute atomic E-state index is 0.151. The first-order valence-electron chi connectivity index (χ1n) is 5.40. The molecule has 0 N–H and O–H groups in total. The minimum atomic E-state index is 0.151. The van der Waals surface area contributed by atoms with Crippen molar-refractivity contribution in [2.75, 3.05) is 26.5 Å². The van der Waals surface area contributed by atoms with Crippen molar-refractivity contribution in [2.24, 2.45) is 5.41 Å². The highest BCUT2D eigenvalue weighted by atomic mass is 32.1. The molecule has 0 spiro atoms. The van der Waals surface area contributed by atoms with Gasteiger partial charge in [0.25, 0.3) is 0 Å². The Hall–Kier alpha value is -0.220. The summed E-state index contributed by atoms with van der Waals surface area (Å²) in [7, 11) is 3.51. The van der Waals surface area contributed by atoms with Crippen molar-refractivity contribution in [2.45, 2.75) is 32.2 Å². The summed E-state index contributed by atoms with van der Waals surface area (Å²) in [5, 5.41) is 0. The van der Waals surface area contributed by atoms with E-state index in [2.05, 4.69) is 12.6 Å². The van der Waals surface area contributed by atoms with Crippen molar-refractivity contribution >= 4 is 18.5 Å². The van der Waals surface area contributed by atoms with Gasteiger partial charge in [-0.05, 0) is 30.9 Å². The Kier molecular flexibility index (Phi) is 4.46. The van der Waals surface area contributed by atoms with Crippen molar-refractivity contribution in [1.82, 2.24) is 4.90 Å². The monoisotopic (exact) mass is 231 g/mol. The van der Waals surface area contributed by atoms with Crippen molar-refractivity contribution < 1.29 is 9.53 Å². The zero-order chi connectivity index (χ0) is 11.5. The van der Waals surface area contributed by atoms with Crippen LogP contribution in [0.4, 0.5) is 0 Å². The van der Waals surface area contributed by atoms with E-state index in [0.29, 0.717) is 13.0 Å². The summed E-state index contributed by atoms with van der Waals surface area (Å²) < 4.78 is 5.04. The van der Waals surface area contributed by atoms with E-state index in [0.717, 1.165) is 18.6 Å². The lowest BCUT2D eigenvalue weighted by Gasteiger charge is -2.26. The molecule has 4 heteroatoms. The van der Waals surface area contributed by atoms with Gasteiger partial charge in [-0.2, -0.15) is 12.6 Å². The first-order chi connectivity index (χ1) is 7.04. The molecule has 0 radical (unpaired) electrons. The Bertz CT molecular complexity index is 229. The topological polar surface area (TPSA) is 29.5 Å². The SMILES string of the molecule is COCC(C)N(C)C(=O)CC1(CS)CC1. The maximum Gasteiger partial charge on any atom is 0.223 e. The van der Waals surface area contributed by atoms with E-state index in [-0.39, 0.29) is 17.4 Å². The molecule has 1 amide bonds. The molecule has 15 heavy (non-hydrogen) atoms. The Balaban J connectivity index is 2.39. The van der Waals surface area contributed by atoms with Gasteiger partial charge < -0.3 is 9.64 Å². The predicted molar refractivity (Wildman–Crippen MR) is 64.2 cm³/mol. The molecule has 88 valence electrons. The van der Waals surface area contributed by atoms with Gasteiger partial charge in [0.1, 0.15) is 0 Å². The largest absolute Gasteiger partial charge is 0.383 e. The summed E-state index contributed by atoms with van der Waals surface area (Å²) in [5.41, 5.74) is 0.210. The van der Waals surface area contributed by atoms with Gasteiger partial charge in [-0.1, -0.05) is 0 Å². The molecule has 0 heterocycles. The number of carbonyl (C=O) groups is 1. The molecule has 1 fully saturated rings. The summed E-state index contributed by atoms with van der Waals surface area (Å²) in [6.07, 6.45) is 2.94.